The lowest BCUT2D eigenvalue weighted by Gasteiger charge is -2.20. The van der Waals surface area contributed by atoms with Gasteiger partial charge in [0.1, 0.15) is 6.04 Å². The van der Waals surface area contributed by atoms with E-state index in [1.807, 2.05) is 49.4 Å². The van der Waals surface area contributed by atoms with Crippen molar-refractivity contribution < 1.29 is 14.7 Å². The number of carbonyl (C=O) groups excluding carboxylic acids is 1. The van der Waals surface area contributed by atoms with Crippen LogP contribution in [0.4, 0.5) is 5.13 Å². The number of amides is 1. The largest absolute Gasteiger partial charge is 0.480 e. The number of carboxylic acids is 1. The first-order valence-corrected chi connectivity index (χ1v) is 11.0. The molecule has 3 rings (SSSR count). The molecule has 1 heterocycles. The second kappa shape index (κ2) is 10.2. The van der Waals surface area contributed by atoms with Gasteiger partial charge in [-0.3, -0.25) is 4.79 Å². The van der Waals surface area contributed by atoms with Gasteiger partial charge in [0.15, 0.2) is 5.13 Å². The number of anilines is 1. The summed E-state index contributed by atoms with van der Waals surface area (Å²) in [7, 11) is 0. The average Bonchev–Trinajstić information content (AvgIpc) is 3.10. The van der Waals surface area contributed by atoms with E-state index in [9.17, 15) is 14.7 Å². The average molecular weight is 438 g/mol. The van der Waals surface area contributed by atoms with Gasteiger partial charge < -0.3 is 15.3 Å². The number of benzene rings is 2. The van der Waals surface area contributed by atoms with E-state index >= 15 is 0 Å². The quantitative estimate of drug-likeness (QED) is 0.524. The van der Waals surface area contributed by atoms with Gasteiger partial charge in [0.25, 0.3) is 5.91 Å². The summed E-state index contributed by atoms with van der Waals surface area (Å²) in [4.78, 5) is 32.3. The van der Waals surface area contributed by atoms with Gasteiger partial charge in [0, 0.05) is 30.0 Å². The number of hydrogen-bond acceptors (Lipinski definition) is 5. The Bertz CT molecular complexity index is 1010. The number of hydrogen-bond donors (Lipinski definition) is 2. The number of nitrogens with one attached hydrogen (secondary N) is 1. The highest BCUT2D eigenvalue weighted by Gasteiger charge is 2.21. The Labute approximate surface area is 186 Å². The topological polar surface area (TPSA) is 82.5 Å². The van der Waals surface area contributed by atoms with E-state index in [1.165, 1.54) is 4.88 Å². The maximum atomic E-state index is 12.6. The van der Waals surface area contributed by atoms with Crippen molar-refractivity contribution in [1.82, 2.24) is 10.3 Å². The number of aliphatic carboxylic acids is 1. The van der Waals surface area contributed by atoms with Crippen LogP contribution >= 0.6 is 11.3 Å². The van der Waals surface area contributed by atoms with Crippen LogP contribution in [0, 0.1) is 13.8 Å². The molecule has 31 heavy (non-hydrogen) atoms. The van der Waals surface area contributed by atoms with Crippen LogP contribution in [0.3, 0.4) is 0 Å². The van der Waals surface area contributed by atoms with Crippen LogP contribution < -0.4 is 10.2 Å². The Hall–Kier alpha value is -3.19. The van der Waals surface area contributed by atoms with Crippen molar-refractivity contribution in [3.63, 3.8) is 0 Å². The zero-order valence-corrected chi connectivity index (χ0v) is 18.8. The molecule has 0 bridgehead atoms. The fourth-order valence-corrected chi connectivity index (χ4v) is 4.15. The Kier molecular flexibility index (Phi) is 7.41. The SMILES string of the molecule is CCN(Cc1ccc(C(=O)NC(Cc2ccccc2)C(=O)O)cc1)c1nc(C)c(C)s1. The van der Waals surface area contributed by atoms with Crippen molar-refractivity contribution in [2.24, 2.45) is 0 Å². The fourth-order valence-electron chi connectivity index (χ4n) is 3.18. The van der Waals surface area contributed by atoms with E-state index in [-0.39, 0.29) is 6.42 Å². The van der Waals surface area contributed by atoms with Crippen LogP contribution in [0.1, 0.15) is 39.0 Å². The maximum Gasteiger partial charge on any atom is 0.326 e. The fraction of sp³-hybridized carbons (Fsp3) is 0.292. The van der Waals surface area contributed by atoms with E-state index < -0.39 is 17.9 Å². The third-order valence-corrected chi connectivity index (χ3v) is 6.28. The van der Waals surface area contributed by atoms with Crippen molar-refractivity contribution in [2.45, 2.75) is 39.8 Å². The van der Waals surface area contributed by atoms with Gasteiger partial charge in [-0.15, -0.1) is 11.3 Å². The zero-order valence-electron chi connectivity index (χ0n) is 18.0. The molecule has 1 unspecified atom stereocenters. The van der Waals surface area contributed by atoms with E-state index in [0.717, 1.165) is 28.5 Å². The predicted molar refractivity (Wildman–Crippen MR) is 124 cm³/mol. The summed E-state index contributed by atoms with van der Waals surface area (Å²) in [6, 6.07) is 15.6. The Morgan fingerprint density at radius 2 is 1.74 bits per heavy atom. The van der Waals surface area contributed by atoms with E-state index in [2.05, 4.69) is 29.0 Å². The van der Waals surface area contributed by atoms with Crippen molar-refractivity contribution in [2.75, 3.05) is 11.4 Å². The molecule has 7 heteroatoms. The minimum absolute atomic E-state index is 0.234. The molecule has 0 aliphatic rings. The normalized spacial score (nSPS) is 11.7. The maximum absolute atomic E-state index is 12.6. The number of rotatable bonds is 9. The Balaban J connectivity index is 1.65. The highest BCUT2D eigenvalue weighted by molar-refractivity contribution is 7.15. The second-order valence-electron chi connectivity index (χ2n) is 7.40. The van der Waals surface area contributed by atoms with Gasteiger partial charge in [-0.1, -0.05) is 42.5 Å². The van der Waals surface area contributed by atoms with Crippen LogP contribution in [0.15, 0.2) is 54.6 Å². The number of carboxylic acid groups (broad SMARTS) is 1. The van der Waals surface area contributed by atoms with Crippen molar-refractivity contribution >= 4 is 28.3 Å². The van der Waals surface area contributed by atoms with E-state index in [0.29, 0.717) is 12.1 Å². The van der Waals surface area contributed by atoms with Crippen LogP contribution in [-0.2, 0) is 17.8 Å². The third-order valence-electron chi connectivity index (χ3n) is 5.15. The van der Waals surface area contributed by atoms with Gasteiger partial charge in [-0.25, -0.2) is 9.78 Å². The molecule has 6 nitrogen and oxygen atoms in total. The van der Waals surface area contributed by atoms with Crippen LogP contribution in [0.2, 0.25) is 0 Å². The first kappa shape index (κ1) is 22.5. The molecule has 1 amide bonds. The minimum atomic E-state index is -1.05. The number of nitrogens with zero attached hydrogens (tertiary/aromatic N) is 2. The summed E-state index contributed by atoms with van der Waals surface area (Å²) in [5.41, 5.74) is 3.40. The lowest BCUT2D eigenvalue weighted by atomic mass is 10.1. The van der Waals surface area contributed by atoms with Gasteiger partial charge in [-0.2, -0.15) is 0 Å². The molecule has 2 N–H and O–H groups in total. The summed E-state index contributed by atoms with van der Waals surface area (Å²) in [6.07, 6.45) is 0.234. The smallest absolute Gasteiger partial charge is 0.326 e. The molecule has 162 valence electrons. The number of aromatic nitrogens is 1. The number of aryl methyl sites for hydroxylation is 2. The zero-order chi connectivity index (χ0) is 22.4. The lowest BCUT2D eigenvalue weighted by molar-refractivity contribution is -0.139. The van der Waals surface area contributed by atoms with Crippen molar-refractivity contribution in [3.05, 3.63) is 81.9 Å². The minimum Gasteiger partial charge on any atom is -0.480 e. The molecule has 0 saturated heterocycles. The van der Waals surface area contributed by atoms with Gasteiger partial charge in [0.2, 0.25) is 0 Å². The highest BCUT2D eigenvalue weighted by Crippen LogP contribution is 2.26. The predicted octanol–water partition coefficient (Wildman–Crippen LogP) is 4.21. The lowest BCUT2D eigenvalue weighted by Crippen LogP contribution is -2.42. The second-order valence-corrected chi connectivity index (χ2v) is 8.58. The summed E-state index contributed by atoms with van der Waals surface area (Å²) >= 11 is 1.68. The standard InChI is InChI=1S/C24H27N3O3S/c1-4-27(24-25-16(2)17(3)31-24)15-19-10-12-20(13-11-19)22(28)26-21(23(29)30)14-18-8-6-5-7-9-18/h5-13,21H,4,14-15H2,1-3H3,(H,26,28)(H,29,30). The Morgan fingerprint density at radius 1 is 1.06 bits per heavy atom. The molecule has 2 aromatic carbocycles. The molecule has 0 radical (unpaired) electrons. The molecular weight excluding hydrogens is 410 g/mol. The number of thiazole rings is 1. The van der Waals surface area contributed by atoms with Gasteiger partial charge in [0.05, 0.1) is 5.69 Å². The Morgan fingerprint density at radius 3 is 2.29 bits per heavy atom. The van der Waals surface area contributed by atoms with Gasteiger partial charge in [-0.05, 0) is 44.0 Å². The van der Waals surface area contributed by atoms with E-state index in [1.54, 1.807) is 23.5 Å². The summed E-state index contributed by atoms with van der Waals surface area (Å²) in [6.45, 7) is 7.69. The highest BCUT2D eigenvalue weighted by atomic mass is 32.1. The summed E-state index contributed by atoms with van der Waals surface area (Å²) in [5.74, 6) is -1.45. The van der Waals surface area contributed by atoms with Crippen LogP contribution in [-0.4, -0.2) is 34.6 Å². The van der Waals surface area contributed by atoms with Crippen molar-refractivity contribution in [1.29, 1.82) is 0 Å². The molecule has 0 aliphatic carbocycles. The summed E-state index contributed by atoms with van der Waals surface area (Å²) < 4.78 is 0. The van der Waals surface area contributed by atoms with Gasteiger partial charge >= 0.3 is 5.97 Å². The molecular formula is C24H27N3O3S. The third kappa shape index (κ3) is 5.92. The molecule has 3 aromatic rings. The molecule has 0 saturated carbocycles. The molecule has 1 aromatic heterocycles. The first-order valence-electron chi connectivity index (χ1n) is 10.2. The number of carbonyl (C=O) groups is 2. The van der Waals surface area contributed by atoms with Crippen LogP contribution in [0.5, 0.6) is 0 Å². The van der Waals surface area contributed by atoms with Crippen LogP contribution in [0.25, 0.3) is 0 Å². The molecule has 0 fully saturated rings. The van der Waals surface area contributed by atoms with E-state index in [4.69, 9.17) is 0 Å². The summed E-state index contributed by atoms with van der Waals surface area (Å²) in [5, 5.41) is 13.1. The van der Waals surface area contributed by atoms with Crippen molar-refractivity contribution in [3.8, 4) is 0 Å². The monoisotopic (exact) mass is 437 g/mol. The first-order chi connectivity index (χ1) is 14.9. The molecule has 0 spiro atoms. The molecule has 1 atom stereocenters. The molecule has 0 aliphatic heterocycles.